The molecular weight excluding hydrogens is 210 g/mol. The lowest BCUT2D eigenvalue weighted by Crippen LogP contribution is -2.43. The van der Waals surface area contributed by atoms with E-state index in [-0.39, 0.29) is 30.9 Å². The van der Waals surface area contributed by atoms with Gasteiger partial charge in [-0.15, -0.1) is 0 Å². The summed E-state index contributed by atoms with van der Waals surface area (Å²) in [4.78, 5) is 24.2. The highest BCUT2D eigenvalue weighted by atomic mass is 16.5. The molecule has 0 fully saturated rings. The minimum atomic E-state index is -0.346. The fraction of sp³-hybridized carbons (Fsp3) is 0.818. The van der Waals surface area contributed by atoms with Crippen LogP contribution < -0.4 is 0 Å². The van der Waals surface area contributed by atoms with Crippen LogP contribution in [0, 0.1) is 0 Å². The van der Waals surface area contributed by atoms with E-state index in [1.54, 1.807) is 11.8 Å². The van der Waals surface area contributed by atoms with Gasteiger partial charge in [0.05, 0.1) is 26.2 Å². The molecule has 1 unspecified atom stereocenters. The molecule has 0 aliphatic heterocycles. The van der Waals surface area contributed by atoms with Crippen molar-refractivity contribution in [3.63, 3.8) is 0 Å². The molecule has 0 aromatic rings. The number of carbonyl (C=O) groups is 2. The van der Waals surface area contributed by atoms with Gasteiger partial charge in [-0.25, -0.2) is 0 Å². The zero-order valence-corrected chi connectivity index (χ0v) is 10.2. The van der Waals surface area contributed by atoms with Crippen LogP contribution in [-0.4, -0.2) is 48.2 Å². The third-order valence-electron chi connectivity index (χ3n) is 2.53. The first-order chi connectivity index (χ1) is 7.60. The van der Waals surface area contributed by atoms with Crippen LogP contribution in [-0.2, 0) is 14.3 Å². The van der Waals surface area contributed by atoms with Gasteiger partial charge in [0.1, 0.15) is 0 Å². The Morgan fingerprint density at radius 3 is 2.38 bits per heavy atom. The number of aliphatic hydroxyl groups excluding tert-OH is 1. The minimum absolute atomic E-state index is 0.0511. The highest BCUT2D eigenvalue weighted by molar-refractivity contribution is 5.77. The van der Waals surface area contributed by atoms with Gasteiger partial charge >= 0.3 is 5.97 Å². The number of esters is 1. The summed E-state index contributed by atoms with van der Waals surface area (Å²) in [5, 5.41) is 9.15. The Morgan fingerprint density at radius 2 is 2.00 bits per heavy atom. The summed E-state index contributed by atoms with van der Waals surface area (Å²) in [6.07, 6.45) is 1.21. The van der Waals surface area contributed by atoms with Gasteiger partial charge in [-0.2, -0.15) is 0 Å². The zero-order chi connectivity index (χ0) is 12.6. The van der Waals surface area contributed by atoms with E-state index in [2.05, 4.69) is 4.74 Å². The average molecular weight is 231 g/mol. The Labute approximate surface area is 96.4 Å². The highest BCUT2D eigenvalue weighted by Crippen LogP contribution is 2.07. The minimum Gasteiger partial charge on any atom is -0.469 e. The van der Waals surface area contributed by atoms with Crippen LogP contribution >= 0.6 is 0 Å². The molecule has 1 N–H and O–H groups in total. The number of methoxy groups -OCH3 is 1. The van der Waals surface area contributed by atoms with Gasteiger partial charge < -0.3 is 14.7 Å². The number of aliphatic hydroxyl groups is 1. The second-order valence-corrected chi connectivity index (χ2v) is 3.51. The largest absolute Gasteiger partial charge is 0.469 e. The number of hydrogen-bond acceptors (Lipinski definition) is 4. The molecule has 0 heterocycles. The van der Waals surface area contributed by atoms with Crippen LogP contribution in [0.25, 0.3) is 0 Å². The van der Waals surface area contributed by atoms with Gasteiger partial charge in [0.25, 0.3) is 0 Å². The first-order valence-electron chi connectivity index (χ1n) is 5.57. The van der Waals surface area contributed by atoms with Crippen molar-refractivity contribution in [3.8, 4) is 0 Å². The van der Waals surface area contributed by atoms with Crippen LogP contribution in [0.1, 0.15) is 33.1 Å². The maximum atomic E-state index is 11.6. The smallest absolute Gasteiger partial charge is 0.307 e. The number of amides is 1. The summed E-state index contributed by atoms with van der Waals surface area (Å²) < 4.78 is 4.52. The lowest BCUT2D eigenvalue weighted by Gasteiger charge is -2.29. The van der Waals surface area contributed by atoms with Crippen LogP contribution in [0.2, 0.25) is 0 Å². The molecule has 0 rings (SSSR count). The van der Waals surface area contributed by atoms with E-state index in [0.717, 1.165) is 0 Å². The quantitative estimate of drug-likeness (QED) is 0.650. The Balaban J connectivity index is 4.42. The molecule has 1 atom stereocenters. The molecule has 0 aliphatic rings. The van der Waals surface area contributed by atoms with Crippen LogP contribution in [0.4, 0.5) is 0 Å². The SMILES string of the molecule is CCC(=O)N(CCC(=O)OC)C(CC)CO. The lowest BCUT2D eigenvalue weighted by atomic mass is 10.1. The van der Waals surface area contributed by atoms with Gasteiger partial charge in [-0.3, -0.25) is 9.59 Å². The fourth-order valence-corrected chi connectivity index (χ4v) is 1.48. The average Bonchev–Trinajstić information content (AvgIpc) is 2.32. The zero-order valence-electron chi connectivity index (χ0n) is 10.2. The summed E-state index contributed by atoms with van der Waals surface area (Å²) in [6.45, 7) is 3.88. The summed E-state index contributed by atoms with van der Waals surface area (Å²) in [6, 6.07) is -0.211. The summed E-state index contributed by atoms with van der Waals surface area (Å²) in [7, 11) is 1.32. The normalized spacial score (nSPS) is 12.0. The van der Waals surface area contributed by atoms with Crippen molar-refractivity contribution < 1.29 is 19.4 Å². The predicted octanol–water partition coefficient (Wildman–Crippen LogP) is 0.559. The second-order valence-electron chi connectivity index (χ2n) is 3.51. The maximum absolute atomic E-state index is 11.6. The van der Waals surface area contributed by atoms with Crippen molar-refractivity contribution >= 4 is 11.9 Å². The van der Waals surface area contributed by atoms with Crippen LogP contribution in [0.3, 0.4) is 0 Å². The predicted molar refractivity (Wildman–Crippen MR) is 59.8 cm³/mol. The molecular formula is C11H21NO4. The lowest BCUT2D eigenvalue weighted by molar-refractivity contribution is -0.142. The van der Waals surface area contributed by atoms with Gasteiger partial charge in [-0.05, 0) is 6.42 Å². The van der Waals surface area contributed by atoms with Crippen molar-refractivity contribution in [2.75, 3.05) is 20.3 Å². The highest BCUT2D eigenvalue weighted by Gasteiger charge is 2.21. The first-order valence-corrected chi connectivity index (χ1v) is 5.57. The Morgan fingerprint density at radius 1 is 1.38 bits per heavy atom. The van der Waals surface area contributed by atoms with E-state index in [9.17, 15) is 9.59 Å². The van der Waals surface area contributed by atoms with Gasteiger partial charge in [-0.1, -0.05) is 13.8 Å². The van der Waals surface area contributed by atoms with E-state index in [4.69, 9.17) is 5.11 Å². The van der Waals surface area contributed by atoms with E-state index in [0.29, 0.717) is 19.4 Å². The number of hydrogen-bond donors (Lipinski definition) is 1. The van der Waals surface area contributed by atoms with E-state index >= 15 is 0 Å². The number of carbonyl (C=O) groups excluding carboxylic acids is 2. The Hall–Kier alpha value is -1.10. The molecule has 5 heteroatoms. The summed E-state index contributed by atoms with van der Waals surface area (Å²) >= 11 is 0. The third-order valence-corrected chi connectivity index (χ3v) is 2.53. The Kier molecular flexibility index (Phi) is 7.54. The van der Waals surface area contributed by atoms with Gasteiger partial charge in [0, 0.05) is 13.0 Å². The summed E-state index contributed by atoms with van der Waals surface area (Å²) in [5.74, 6) is -0.397. The molecule has 94 valence electrons. The first kappa shape index (κ1) is 14.9. The van der Waals surface area contributed by atoms with Crippen molar-refractivity contribution in [2.45, 2.75) is 39.2 Å². The van der Waals surface area contributed by atoms with Crippen molar-refractivity contribution in [1.82, 2.24) is 4.90 Å². The van der Waals surface area contributed by atoms with E-state index in [1.165, 1.54) is 7.11 Å². The number of rotatable bonds is 7. The fourth-order valence-electron chi connectivity index (χ4n) is 1.48. The summed E-state index contributed by atoms with van der Waals surface area (Å²) in [5.41, 5.74) is 0. The molecule has 0 aromatic heterocycles. The van der Waals surface area contributed by atoms with E-state index < -0.39 is 0 Å². The van der Waals surface area contributed by atoms with Crippen molar-refractivity contribution in [3.05, 3.63) is 0 Å². The van der Waals surface area contributed by atoms with Gasteiger partial charge in [0.2, 0.25) is 5.91 Å². The van der Waals surface area contributed by atoms with Crippen LogP contribution in [0.5, 0.6) is 0 Å². The molecule has 0 saturated carbocycles. The molecule has 0 bridgehead atoms. The number of nitrogens with zero attached hydrogens (tertiary/aromatic N) is 1. The molecule has 0 spiro atoms. The maximum Gasteiger partial charge on any atom is 0.307 e. The molecule has 0 aliphatic carbocycles. The Bertz CT molecular complexity index is 226. The third kappa shape index (κ3) is 4.61. The van der Waals surface area contributed by atoms with Gasteiger partial charge in [0.15, 0.2) is 0 Å². The topological polar surface area (TPSA) is 66.8 Å². The monoisotopic (exact) mass is 231 g/mol. The standard InChI is InChI=1S/C11H21NO4/c1-4-9(8-13)12(10(14)5-2)7-6-11(15)16-3/h9,13H,4-8H2,1-3H3. The molecule has 0 saturated heterocycles. The molecule has 0 aromatic carbocycles. The van der Waals surface area contributed by atoms with Crippen molar-refractivity contribution in [1.29, 1.82) is 0 Å². The molecule has 16 heavy (non-hydrogen) atoms. The molecule has 1 amide bonds. The van der Waals surface area contributed by atoms with Crippen molar-refractivity contribution in [2.24, 2.45) is 0 Å². The number of ether oxygens (including phenoxy) is 1. The molecule has 5 nitrogen and oxygen atoms in total. The second kappa shape index (κ2) is 8.10. The van der Waals surface area contributed by atoms with Crippen LogP contribution in [0.15, 0.2) is 0 Å². The van der Waals surface area contributed by atoms with E-state index in [1.807, 2.05) is 6.92 Å². The molecule has 0 radical (unpaired) electrons.